The summed E-state index contributed by atoms with van der Waals surface area (Å²) in [5, 5.41) is 9.89. The van der Waals surface area contributed by atoms with Gasteiger partial charge in [0.05, 0.1) is 11.9 Å². The SMILES string of the molecule is Cc1nc(C)c(C(=O)Nc2cc(Oc3ccc4nc(NC(=O)C5CC5)nn4c3)ccc2C)o1. The average molecular weight is 446 g/mol. The summed E-state index contributed by atoms with van der Waals surface area (Å²) in [6.07, 6.45) is 3.50. The lowest BCUT2D eigenvalue weighted by Gasteiger charge is -2.11. The van der Waals surface area contributed by atoms with Crippen molar-refractivity contribution in [2.24, 2.45) is 5.92 Å². The molecule has 4 aromatic rings. The Kier molecular flexibility index (Phi) is 5.04. The number of hydrogen-bond donors (Lipinski definition) is 2. The Hall–Kier alpha value is -4.21. The van der Waals surface area contributed by atoms with Gasteiger partial charge in [0.1, 0.15) is 11.5 Å². The fourth-order valence-corrected chi connectivity index (χ4v) is 3.39. The van der Waals surface area contributed by atoms with E-state index in [4.69, 9.17) is 9.15 Å². The largest absolute Gasteiger partial charge is 0.456 e. The Morgan fingerprint density at radius 2 is 1.85 bits per heavy atom. The summed E-state index contributed by atoms with van der Waals surface area (Å²) in [5.74, 6) is 1.58. The Morgan fingerprint density at radius 1 is 1.06 bits per heavy atom. The Labute approximate surface area is 189 Å². The second-order valence-electron chi connectivity index (χ2n) is 8.05. The second-order valence-corrected chi connectivity index (χ2v) is 8.05. The number of aromatic nitrogens is 4. The molecule has 10 heteroatoms. The van der Waals surface area contributed by atoms with Crippen LogP contribution < -0.4 is 15.4 Å². The standard InChI is InChI=1S/C23H22N6O4/c1-12-4-7-16(10-18(12)25-22(31)20-13(2)24-14(3)32-20)33-17-8-9-19-26-23(28-29(19)11-17)27-21(30)15-5-6-15/h4,7-11,15H,5-6H2,1-3H3,(H,25,31)(H,27,28,30). The average Bonchev–Trinajstić information content (AvgIpc) is 3.46. The van der Waals surface area contributed by atoms with Crippen LogP contribution in [0.4, 0.5) is 11.6 Å². The van der Waals surface area contributed by atoms with E-state index in [0.717, 1.165) is 18.4 Å². The molecule has 5 rings (SSSR count). The van der Waals surface area contributed by atoms with Gasteiger partial charge >= 0.3 is 0 Å². The maximum atomic E-state index is 12.6. The van der Waals surface area contributed by atoms with Gasteiger partial charge in [0, 0.05) is 24.6 Å². The summed E-state index contributed by atoms with van der Waals surface area (Å²) in [4.78, 5) is 33.0. The highest BCUT2D eigenvalue weighted by Crippen LogP contribution is 2.30. The summed E-state index contributed by atoms with van der Waals surface area (Å²) >= 11 is 0. The van der Waals surface area contributed by atoms with E-state index in [2.05, 4.69) is 25.7 Å². The van der Waals surface area contributed by atoms with Gasteiger partial charge in [0.15, 0.2) is 11.5 Å². The molecule has 1 aliphatic rings. The Balaban J connectivity index is 1.32. The molecule has 1 aliphatic carbocycles. The Bertz CT molecular complexity index is 1390. The fourth-order valence-electron chi connectivity index (χ4n) is 3.39. The zero-order chi connectivity index (χ0) is 23.1. The van der Waals surface area contributed by atoms with Gasteiger partial charge in [-0.3, -0.25) is 14.9 Å². The van der Waals surface area contributed by atoms with Crippen molar-refractivity contribution in [3.05, 3.63) is 59.4 Å². The molecule has 1 fully saturated rings. The number of fused-ring (bicyclic) bond motifs is 1. The topological polar surface area (TPSA) is 124 Å². The molecule has 0 bridgehead atoms. The zero-order valence-electron chi connectivity index (χ0n) is 18.4. The molecule has 10 nitrogen and oxygen atoms in total. The van der Waals surface area contributed by atoms with Crippen LogP contribution in [-0.4, -0.2) is 31.4 Å². The van der Waals surface area contributed by atoms with Gasteiger partial charge in [0.25, 0.3) is 5.91 Å². The molecule has 3 heterocycles. The molecule has 0 spiro atoms. The number of carbonyl (C=O) groups is 2. The van der Waals surface area contributed by atoms with E-state index in [9.17, 15) is 9.59 Å². The monoisotopic (exact) mass is 446 g/mol. The van der Waals surface area contributed by atoms with Crippen LogP contribution in [0, 0.1) is 26.7 Å². The first-order valence-corrected chi connectivity index (χ1v) is 10.6. The minimum Gasteiger partial charge on any atom is -0.456 e. The van der Waals surface area contributed by atoms with Gasteiger partial charge in [-0.25, -0.2) is 9.50 Å². The molecule has 3 aromatic heterocycles. The van der Waals surface area contributed by atoms with Crippen LogP contribution in [0.15, 0.2) is 40.9 Å². The molecule has 168 valence electrons. The highest BCUT2D eigenvalue weighted by atomic mass is 16.5. The third-order valence-corrected chi connectivity index (χ3v) is 5.29. The van der Waals surface area contributed by atoms with Crippen molar-refractivity contribution >= 4 is 29.1 Å². The second kappa shape index (κ2) is 8.05. The van der Waals surface area contributed by atoms with E-state index in [1.165, 1.54) is 0 Å². The van der Waals surface area contributed by atoms with E-state index in [1.54, 1.807) is 42.8 Å². The number of hydrogen-bond acceptors (Lipinski definition) is 7. The number of benzene rings is 1. The first-order valence-electron chi connectivity index (χ1n) is 10.6. The smallest absolute Gasteiger partial charge is 0.293 e. The van der Waals surface area contributed by atoms with E-state index in [0.29, 0.717) is 34.4 Å². The maximum Gasteiger partial charge on any atom is 0.293 e. The predicted molar refractivity (Wildman–Crippen MR) is 120 cm³/mol. The third kappa shape index (κ3) is 4.40. The molecule has 1 saturated carbocycles. The van der Waals surface area contributed by atoms with Crippen LogP contribution in [0.3, 0.4) is 0 Å². The van der Waals surface area contributed by atoms with E-state index in [1.807, 2.05) is 19.1 Å². The zero-order valence-corrected chi connectivity index (χ0v) is 18.4. The number of amides is 2. The summed E-state index contributed by atoms with van der Waals surface area (Å²) in [6, 6.07) is 8.90. The molecule has 0 radical (unpaired) electrons. The van der Waals surface area contributed by atoms with E-state index in [-0.39, 0.29) is 29.4 Å². The van der Waals surface area contributed by atoms with Gasteiger partial charge in [-0.1, -0.05) is 6.07 Å². The van der Waals surface area contributed by atoms with Crippen LogP contribution in [0.1, 0.15) is 40.5 Å². The van der Waals surface area contributed by atoms with Crippen molar-refractivity contribution in [1.82, 2.24) is 19.6 Å². The van der Waals surface area contributed by atoms with Crippen molar-refractivity contribution in [3.63, 3.8) is 0 Å². The number of anilines is 2. The number of nitrogens with zero attached hydrogens (tertiary/aromatic N) is 4. The molecule has 0 aliphatic heterocycles. The van der Waals surface area contributed by atoms with Crippen LogP contribution in [0.2, 0.25) is 0 Å². The number of aryl methyl sites for hydroxylation is 3. The molecular weight excluding hydrogens is 424 g/mol. The lowest BCUT2D eigenvalue weighted by Crippen LogP contribution is -2.14. The Morgan fingerprint density at radius 3 is 2.58 bits per heavy atom. The van der Waals surface area contributed by atoms with Crippen molar-refractivity contribution < 1.29 is 18.7 Å². The van der Waals surface area contributed by atoms with Gasteiger partial charge in [-0.05, 0) is 50.5 Å². The molecule has 0 unspecified atom stereocenters. The highest BCUT2D eigenvalue weighted by molar-refractivity contribution is 6.03. The van der Waals surface area contributed by atoms with Crippen molar-refractivity contribution in [2.75, 3.05) is 10.6 Å². The normalized spacial score (nSPS) is 13.2. The van der Waals surface area contributed by atoms with Crippen LogP contribution >= 0.6 is 0 Å². The van der Waals surface area contributed by atoms with Gasteiger partial charge in [-0.2, -0.15) is 4.98 Å². The van der Waals surface area contributed by atoms with E-state index >= 15 is 0 Å². The first-order chi connectivity index (χ1) is 15.9. The molecule has 2 N–H and O–H groups in total. The molecule has 33 heavy (non-hydrogen) atoms. The van der Waals surface area contributed by atoms with Crippen LogP contribution in [0.5, 0.6) is 11.5 Å². The number of carbonyl (C=O) groups excluding carboxylic acids is 2. The lowest BCUT2D eigenvalue weighted by molar-refractivity contribution is -0.117. The van der Waals surface area contributed by atoms with Crippen molar-refractivity contribution in [2.45, 2.75) is 33.6 Å². The van der Waals surface area contributed by atoms with Crippen LogP contribution in [0.25, 0.3) is 5.65 Å². The quantitative estimate of drug-likeness (QED) is 0.458. The molecular formula is C23H22N6O4. The van der Waals surface area contributed by atoms with Gasteiger partial charge in [0.2, 0.25) is 17.6 Å². The summed E-state index contributed by atoms with van der Waals surface area (Å²) in [7, 11) is 0. The van der Waals surface area contributed by atoms with Gasteiger partial charge in [-0.15, -0.1) is 5.10 Å². The highest BCUT2D eigenvalue weighted by Gasteiger charge is 2.30. The van der Waals surface area contributed by atoms with Crippen LogP contribution in [-0.2, 0) is 4.79 Å². The van der Waals surface area contributed by atoms with Crippen molar-refractivity contribution in [3.8, 4) is 11.5 Å². The molecule has 2 amide bonds. The molecule has 1 aromatic carbocycles. The lowest BCUT2D eigenvalue weighted by atomic mass is 10.2. The third-order valence-electron chi connectivity index (χ3n) is 5.29. The van der Waals surface area contributed by atoms with E-state index < -0.39 is 0 Å². The number of ether oxygens (including phenoxy) is 1. The van der Waals surface area contributed by atoms with Gasteiger partial charge < -0.3 is 14.5 Å². The summed E-state index contributed by atoms with van der Waals surface area (Å²) < 4.78 is 12.9. The number of nitrogens with one attached hydrogen (secondary N) is 2. The maximum absolute atomic E-state index is 12.6. The summed E-state index contributed by atoms with van der Waals surface area (Å²) in [6.45, 7) is 5.30. The van der Waals surface area contributed by atoms with Crippen molar-refractivity contribution in [1.29, 1.82) is 0 Å². The first kappa shape index (κ1) is 20.7. The minimum atomic E-state index is -0.377. The number of pyridine rings is 1. The predicted octanol–water partition coefficient (Wildman–Crippen LogP) is 4.04. The minimum absolute atomic E-state index is 0.0488. The summed E-state index contributed by atoms with van der Waals surface area (Å²) in [5.41, 5.74) is 2.58. The molecule has 0 atom stereocenters. The fraction of sp³-hybridized carbons (Fsp3) is 0.261. The molecule has 0 saturated heterocycles. The number of rotatable bonds is 6. The number of oxazole rings is 1.